The summed E-state index contributed by atoms with van der Waals surface area (Å²) in [6.45, 7) is 6.53. The Hall–Kier alpha value is -1.13. The molecule has 0 amide bonds. The van der Waals surface area contributed by atoms with Gasteiger partial charge >= 0.3 is 51.4 Å². The number of aromatic nitrogens is 2. The molecule has 2 saturated carbocycles. The summed E-state index contributed by atoms with van der Waals surface area (Å²) in [6, 6.07) is 12.0. The van der Waals surface area contributed by atoms with E-state index in [-0.39, 0.29) is 72.9 Å². The number of imidazole rings is 1. The molecule has 1 aromatic heterocycles. The van der Waals surface area contributed by atoms with Crippen LogP contribution in [0.4, 0.5) is 0 Å². The van der Waals surface area contributed by atoms with Crippen molar-refractivity contribution in [3.63, 3.8) is 0 Å². The average molecular weight is 476 g/mol. The number of H-pyrrole nitrogens is 1. The van der Waals surface area contributed by atoms with Gasteiger partial charge in [-0.2, -0.15) is 8.42 Å². The zero-order chi connectivity index (χ0) is 22.2. The van der Waals surface area contributed by atoms with Gasteiger partial charge in [0.05, 0.1) is 15.9 Å². The number of hydrogen-bond acceptors (Lipinski definition) is 4. The van der Waals surface area contributed by atoms with E-state index in [1.165, 1.54) is 12.1 Å². The second-order valence-electron chi connectivity index (χ2n) is 9.44. The van der Waals surface area contributed by atoms with E-state index in [1.54, 1.807) is 6.07 Å². The first-order valence-electron chi connectivity index (χ1n) is 10.3. The van der Waals surface area contributed by atoms with Crippen LogP contribution in [0.3, 0.4) is 0 Å². The molecular formula is C24H24KN2O4S+. The van der Waals surface area contributed by atoms with Gasteiger partial charge in [0.25, 0.3) is 10.1 Å². The third-order valence-electron chi connectivity index (χ3n) is 7.62. The average Bonchev–Trinajstić information content (AvgIpc) is 3.27. The number of benzene rings is 2. The van der Waals surface area contributed by atoms with Crippen LogP contribution < -0.4 is 51.4 Å². The number of Topliss-reactive ketones (excluding diaryl/α,β-unsaturated/α-hetero) is 1. The number of nitrogens with zero attached hydrogens (tertiary/aromatic N) is 1. The quantitative estimate of drug-likeness (QED) is 0.342. The molecule has 2 aliphatic carbocycles. The molecule has 2 aliphatic rings. The summed E-state index contributed by atoms with van der Waals surface area (Å²) < 4.78 is 31.9. The predicted octanol–water partition coefficient (Wildman–Crippen LogP) is 1.89. The number of carbonyl (C=O) groups is 1. The van der Waals surface area contributed by atoms with Crippen LogP contribution >= 0.6 is 0 Å². The van der Waals surface area contributed by atoms with Crippen LogP contribution in [-0.4, -0.2) is 28.7 Å². The van der Waals surface area contributed by atoms with Crippen molar-refractivity contribution in [3.05, 3.63) is 53.6 Å². The molecule has 0 radical (unpaired) electrons. The van der Waals surface area contributed by atoms with E-state index in [0.717, 1.165) is 29.5 Å². The number of ketones is 1. The Bertz CT molecular complexity index is 1370. The molecule has 2 fully saturated rings. The Labute approximate surface area is 230 Å². The van der Waals surface area contributed by atoms with Gasteiger partial charge in [-0.15, -0.1) is 0 Å². The number of fused-ring (bicyclic) bond motifs is 3. The van der Waals surface area contributed by atoms with Crippen LogP contribution in [0.15, 0.2) is 52.9 Å². The van der Waals surface area contributed by atoms with E-state index in [4.69, 9.17) is 0 Å². The molecule has 3 aromatic rings. The number of hydrogen-bond donors (Lipinski definition) is 2. The van der Waals surface area contributed by atoms with Crippen LogP contribution in [0.5, 0.6) is 0 Å². The fourth-order valence-electron chi connectivity index (χ4n) is 5.30. The van der Waals surface area contributed by atoms with Gasteiger partial charge in [0.2, 0.25) is 0 Å². The second-order valence-corrected chi connectivity index (χ2v) is 10.9. The number of rotatable bonds is 3. The molecule has 0 spiro atoms. The molecule has 5 rings (SSSR count). The van der Waals surface area contributed by atoms with Gasteiger partial charge in [0, 0.05) is 11.0 Å². The Morgan fingerprint density at radius 1 is 1.12 bits per heavy atom. The van der Waals surface area contributed by atoms with Crippen molar-refractivity contribution in [2.24, 2.45) is 16.7 Å². The Balaban J connectivity index is 0.00000245. The van der Waals surface area contributed by atoms with Crippen molar-refractivity contribution in [2.75, 3.05) is 0 Å². The van der Waals surface area contributed by atoms with Crippen LogP contribution in [0.2, 0.25) is 0 Å². The summed E-state index contributed by atoms with van der Waals surface area (Å²) in [6.07, 6.45) is 4.05. The van der Waals surface area contributed by atoms with Gasteiger partial charge in [0.15, 0.2) is 5.78 Å². The molecular weight excluding hydrogens is 451 g/mol. The van der Waals surface area contributed by atoms with Gasteiger partial charge in [-0.1, -0.05) is 45.0 Å². The van der Waals surface area contributed by atoms with E-state index < -0.39 is 10.1 Å². The van der Waals surface area contributed by atoms with Crippen LogP contribution in [0, 0.1) is 16.7 Å². The number of aromatic amines is 1. The molecule has 6 nitrogen and oxygen atoms in total. The number of nitrogens with one attached hydrogen (secondary N) is 1. The maximum atomic E-state index is 13.1. The first kappa shape index (κ1) is 24.0. The van der Waals surface area contributed by atoms with E-state index in [1.807, 2.05) is 30.3 Å². The maximum Gasteiger partial charge on any atom is 1.00 e. The van der Waals surface area contributed by atoms with E-state index in [0.29, 0.717) is 22.8 Å². The minimum absolute atomic E-state index is 0. The van der Waals surface area contributed by atoms with Crippen molar-refractivity contribution in [2.45, 2.75) is 38.5 Å². The summed E-state index contributed by atoms with van der Waals surface area (Å²) in [5.41, 5.74) is 3.62. The predicted molar refractivity (Wildman–Crippen MR) is 119 cm³/mol. The van der Waals surface area contributed by atoms with Crippen molar-refractivity contribution >= 4 is 33.0 Å². The Morgan fingerprint density at radius 3 is 2.41 bits per heavy atom. The fraction of sp³-hybridized carbons (Fsp3) is 0.333. The molecule has 2 bridgehead atoms. The van der Waals surface area contributed by atoms with Crippen LogP contribution in [0.25, 0.3) is 28.5 Å². The van der Waals surface area contributed by atoms with Crippen molar-refractivity contribution < 1.29 is 69.1 Å². The molecule has 2 unspecified atom stereocenters. The summed E-state index contributed by atoms with van der Waals surface area (Å²) in [5.74, 6) is 1.19. The SMILES string of the molecule is CC12CCC(/C(=C/c3ccc(-c4nc5ccc(S(=O)(=O)O)cc5[nH]4)cc3)C1=O)C2(C)C.[K+]. The molecule has 1 heterocycles. The summed E-state index contributed by atoms with van der Waals surface area (Å²) in [5, 5.41) is 0. The van der Waals surface area contributed by atoms with Gasteiger partial charge in [-0.25, -0.2) is 4.98 Å². The largest absolute Gasteiger partial charge is 1.00 e. The molecule has 0 saturated heterocycles. The van der Waals surface area contributed by atoms with Gasteiger partial charge in [-0.3, -0.25) is 9.35 Å². The smallest absolute Gasteiger partial charge is 0.338 e. The van der Waals surface area contributed by atoms with E-state index >= 15 is 0 Å². The summed E-state index contributed by atoms with van der Waals surface area (Å²) in [7, 11) is -4.27. The molecule has 2 atom stereocenters. The minimum Gasteiger partial charge on any atom is -0.338 e. The zero-order valence-electron chi connectivity index (χ0n) is 18.6. The first-order chi connectivity index (χ1) is 14.5. The van der Waals surface area contributed by atoms with Gasteiger partial charge in [-0.05, 0) is 59.6 Å². The van der Waals surface area contributed by atoms with Crippen LogP contribution in [0.1, 0.15) is 39.2 Å². The summed E-state index contributed by atoms with van der Waals surface area (Å²) in [4.78, 5) is 20.5. The number of carbonyl (C=O) groups excluding carboxylic acids is 1. The second kappa shape index (κ2) is 7.97. The molecule has 32 heavy (non-hydrogen) atoms. The third kappa shape index (κ3) is 3.60. The van der Waals surface area contributed by atoms with Crippen molar-refractivity contribution in [1.29, 1.82) is 0 Å². The number of allylic oxidation sites excluding steroid dienone is 1. The Kier molecular flexibility index (Phi) is 5.98. The Morgan fingerprint density at radius 2 is 1.81 bits per heavy atom. The summed E-state index contributed by atoms with van der Waals surface area (Å²) >= 11 is 0. The van der Waals surface area contributed by atoms with E-state index in [9.17, 15) is 17.8 Å². The van der Waals surface area contributed by atoms with Gasteiger partial charge < -0.3 is 4.98 Å². The zero-order valence-corrected chi connectivity index (χ0v) is 22.6. The monoisotopic (exact) mass is 475 g/mol. The normalized spacial score (nSPS) is 25.4. The fourth-order valence-corrected chi connectivity index (χ4v) is 5.80. The molecule has 0 aliphatic heterocycles. The molecule has 160 valence electrons. The molecule has 2 N–H and O–H groups in total. The van der Waals surface area contributed by atoms with Crippen molar-refractivity contribution in [1.82, 2.24) is 9.97 Å². The third-order valence-corrected chi connectivity index (χ3v) is 8.47. The maximum absolute atomic E-state index is 13.1. The molecule has 2 aromatic carbocycles. The van der Waals surface area contributed by atoms with E-state index in [2.05, 4.69) is 30.7 Å². The minimum atomic E-state index is -4.27. The topological polar surface area (TPSA) is 100 Å². The van der Waals surface area contributed by atoms with Crippen LogP contribution in [-0.2, 0) is 14.9 Å². The standard InChI is InChI=1S/C24H24N2O4S.K/c1-23(2)18-10-11-24(23,3)21(27)17(18)12-14-4-6-15(7-5-14)22-25-19-9-8-16(31(28,29)30)13-20(19)26-22;/h4-9,12-13,18H,10-11H2,1-3H3,(H,25,26)(H,28,29,30);/q;+1/b17-12-;. The molecule has 8 heteroatoms. The van der Waals surface area contributed by atoms with Gasteiger partial charge in [0.1, 0.15) is 5.82 Å². The first-order valence-corrected chi connectivity index (χ1v) is 11.8. The van der Waals surface area contributed by atoms with Crippen molar-refractivity contribution in [3.8, 4) is 11.4 Å².